The highest BCUT2D eigenvalue weighted by Crippen LogP contribution is 1.93. The van der Waals surface area contributed by atoms with Crippen LogP contribution in [0.4, 0.5) is 0 Å². The van der Waals surface area contributed by atoms with Gasteiger partial charge in [0.15, 0.2) is 0 Å². The molecule has 0 saturated carbocycles. The average Bonchev–Trinajstić information content (AvgIpc) is 2.20. The third-order valence-corrected chi connectivity index (χ3v) is 2.19. The van der Waals surface area contributed by atoms with Gasteiger partial charge in [0.2, 0.25) is 5.91 Å². The van der Waals surface area contributed by atoms with E-state index in [1.165, 1.54) is 12.8 Å². The topological polar surface area (TPSA) is 32.3 Å². The summed E-state index contributed by atoms with van der Waals surface area (Å²) in [5.74, 6) is 0.176. The van der Waals surface area contributed by atoms with Gasteiger partial charge in [-0.25, -0.2) is 0 Å². The highest BCUT2D eigenvalue weighted by molar-refractivity contribution is 5.75. The van der Waals surface area contributed by atoms with Crippen molar-refractivity contribution in [2.75, 3.05) is 26.7 Å². The van der Waals surface area contributed by atoms with Crippen molar-refractivity contribution >= 4 is 5.91 Å². The Balaban J connectivity index is 3.36. The molecule has 0 aliphatic heterocycles. The van der Waals surface area contributed by atoms with E-state index in [0.717, 1.165) is 26.1 Å². The molecular weight excluding hydrogens is 176 g/mol. The molecule has 0 unspecified atom stereocenters. The van der Waals surface area contributed by atoms with Gasteiger partial charge in [0.1, 0.15) is 0 Å². The molecule has 0 fully saturated rings. The molecule has 3 nitrogen and oxygen atoms in total. The second-order valence-corrected chi connectivity index (χ2v) is 3.76. The van der Waals surface area contributed by atoms with E-state index in [1.807, 2.05) is 0 Å². The van der Waals surface area contributed by atoms with Gasteiger partial charge in [-0.1, -0.05) is 20.3 Å². The minimum absolute atomic E-state index is 0.176. The van der Waals surface area contributed by atoms with Crippen LogP contribution in [0.1, 0.15) is 39.5 Å². The van der Waals surface area contributed by atoms with Crippen molar-refractivity contribution in [3.8, 4) is 0 Å². The van der Waals surface area contributed by atoms with Gasteiger partial charge in [-0.3, -0.25) is 4.79 Å². The normalized spacial score (nSPS) is 10.6. The molecule has 0 aromatic carbocycles. The predicted molar refractivity (Wildman–Crippen MR) is 60.3 cm³/mol. The van der Waals surface area contributed by atoms with Crippen molar-refractivity contribution in [3.63, 3.8) is 0 Å². The zero-order chi connectivity index (χ0) is 10.8. The minimum atomic E-state index is 0.176. The molecule has 1 amide bonds. The van der Waals surface area contributed by atoms with Gasteiger partial charge >= 0.3 is 0 Å². The number of nitrogens with one attached hydrogen (secondary N) is 1. The van der Waals surface area contributed by atoms with Crippen molar-refractivity contribution < 1.29 is 4.79 Å². The lowest BCUT2D eigenvalue weighted by Crippen LogP contribution is -2.29. The van der Waals surface area contributed by atoms with Gasteiger partial charge in [-0.05, 0) is 26.4 Å². The SMILES string of the molecule is CCCCN(C)CCC(=O)NCCC. The molecule has 0 spiro atoms. The fourth-order valence-electron chi connectivity index (χ4n) is 1.19. The van der Waals surface area contributed by atoms with Crippen LogP contribution in [-0.4, -0.2) is 37.5 Å². The summed E-state index contributed by atoms with van der Waals surface area (Å²) in [6.45, 7) is 7.01. The van der Waals surface area contributed by atoms with Gasteiger partial charge in [0.05, 0.1) is 0 Å². The summed E-state index contributed by atoms with van der Waals surface area (Å²) in [6.07, 6.45) is 4.07. The molecule has 0 heterocycles. The van der Waals surface area contributed by atoms with Crippen LogP contribution in [0.15, 0.2) is 0 Å². The largest absolute Gasteiger partial charge is 0.356 e. The summed E-state index contributed by atoms with van der Waals surface area (Å²) >= 11 is 0. The minimum Gasteiger partial charge on any atom is -0.356 e. The zero-order valence-electron chi connectivity index (χ0n) is 9.81. The molecule has 84 valence electrons. The van der Waals surface area contributed by atoms with Crippen LogP contribution in [0, 0.1) is 0 Å². The number of hydrogen-bond acceptors (Lipinski definition) is 2. The summed E-state index contributed by atoms with van der Waals surface area (Å²) in [5, 5.41) is 2.88. The molecule has 0 aliphatic rings. The third-order valence-electron chi connectivity index (χ3n) is 2.19. The Morgan fingerprint density at radius 2 is 1.93 bits per heavy atom. The first-order valence-electron chi connectivity index (χ1n) is 5.66. The maximum absolute atomic E-state index is 11.2. The number of rotatable bonds is 8. The first-order valence-corrected chi connectivity index (χ1v) is 5.66. The lowest BCUT2D eigenvalue weighted by atomic mass is 10.3. The number of hydrogen-bond donors (Lipinski definition) is 1. The first kappa shape index (κ1) is 13.4. The van der Waals surface area contributed by atoms with Crippen molar-refractivity contribution in [1.82, 2.24) is 10.2 Å². The molecule has 1 N–H and O–H groups in total. The van der Waals surface area contributed by atoms with Crippen LogP contribution in [-0.2, 0) is 4.79 Å². The predicted octanol–water partition coefficient (Wildman–Crippen LogP) is 1.63. The van der Waals surface area contributed by atoms with Gasteiger partial charge in [0, 0.05) is 19.5 Å². The molecule has 0 bridgehead atoms. The van der Waals surface area contributed by atoms with Crippen LogP contribution < -0.4 is 5.32 Å². The average molecular weight is 200 g/mol. The summed E-state index contributed by atoms with van der Waals surface area (Å²) in [4.78, 5) is 13.5. The van der Waals surface area contributed by atoms with E-state index in [2.05, 4.69) is 31.1 Å². The maximum atomic E-state index is 11.2. The smallest absolute Gasteiger partial charge is 0.221 e. The molecule has 0 saturated heterocycles. The number of carbonyl (C=O) groups is 1. The van der Waals surface area contributed by atoms with E-state index in [4.69, 9.17) is 0 Å². The number of nitrogens with zero attached hydrogens (tertiary/aromatic N) is 1. The van der Waals surface area contributed by atoms with Crippen molar-refractivity contribution in [2.45, 2.75) is 39.5 Å². The van der Waals surface area contributed by atoms with Gasteiger partial charge in [0.25, 0.3) is 0 Å². The lowest BCUT2D eigenvalue weighted by Gasteiger charge is -2.15. The Morgan fingerprint density at radius 3 is 2.50 bits per heavy atom. The molecule has 0 aromatic heterocycles. The Kier molecular flexibility index (Phi) is 8.64. The fourth-order valence-corrected chi connectivity index (χ4v) is 1.19. The van der Waals surface area contributed by atoms with Gasteiger partial charge in [-0.15, -0.1) is 0 Å². The fraction of sp³-hybridized carbons (Fsp3) is 0.909. The van der Waals surface area contributed by atoms with E-state index in [0.29, 0.717) is 6.42 Å². The number of amides is 1. The molecule has 14 heavy (non-hydrogen) atoms. The quantitative estimate of drug-likeness (QED) is 0.646. The summed E-state index contributed by atoms with van der Waals surface area (Å²) in [6, 6.07) is 0. The van der Waals surface area contributed by atoms with Crippen LogP contribution in [0.5, 0.6) is 0 Å². The Bertz CT molecular complexity index is 148. The Morgan fingerprint density at radius 1 is 1.21 bits per heavy atom. The third kappa shape index (κ3) is 8.05. The van der Waals surface area contributed by atoms with Crippen LogP contribution >= 0.6 is 0 Å². The highest BCUT2D eigenvalue weighted by Gasteiger charge is 2.02. The Labute approximate surface area is 87.9 Å². The lowest BCUT2D eigenvalue weighted by molar-refractivity contribution is -0.121. The molecule has 0 aliphatic carbocycles. The molecule has 0 aromatic rings. The summed E-state index contributed by atoms with van der Waals surface area (Å²) in [7, 11) is 2.07. The molecule has 0 radical (unpaired) electrons. The summed E-state index contributed by atoms with van der Waals surface area (Å²) in [5.41, 5.74) is 0. The van der Waals surface area contributed by atoms with Crippen LogP contribution in [0.25, 0.3) is 0 Å². The van der Waals surface area contributed by atoms with Gasteiger partial charge in [-0.2, -0.15) is 0 Å². The van der Waals surface area contributed by atoms with Crippen molar-refractivity contribution in [3.05, 3.63) is 0 Å². The van der Waals surface area contributed by atoms with Crippen molar-refractivity contribution in [2.24, 2.45) is 0 Å². The number of carbonyl (C=O) groups excluding carboxylic acids is 1. The van der Waals surface area contributed by atoms with E-state index < -0.39 is 0 Å². The molecular formula is C11H24N2O. The highest BCUT2D eigenvalue weighted by atomic mass is 16.1. The zero-order valence-corrected chi connectivity index (χ0v) is 9.81. The van der Waals surface area contributed by atoms with E-state index in [-0.39, 0.29) is 5.91 Å². The van der Waals surface area contributed by atoms with Crippen LogP contribution in [0.3, 0.4) is 0 Å². The van der Waals surface area contributed by atoms with Gasteiger partial charge < -0.3 is 10.2 Å². The molecule has 3 heteroatoms. The van der Waals surface area contributed by atoms with Crippen LogP contribution in [0.2, 0.25) is 0 Å². The molecule has 0 rings (SSSR count). The second kappa shape index (κ2) is 9.00. The van der Waals surface area contributed by atoms with E-state index in [9.17, 15) is 4.79 Å². The monoisotopic (exact) mass is 200 g/mol. The maximum Gasteiger partial charge on any atom is 0.221 e. The molecule has 0 atom stereocenters. The number of unbranched alkanes of at least 4 members (excludes halogenated alkanes) is 1. The van der Waals surface area contributed by atoms with E-state index >= 15 is 0 Å². The second-order valence-electron chi connectivity index (χ2n) is 3.76. The first-order chi connectivity index (χ1) is 6.70. The van der Waals surface area contributed by atoms with E-state index in [1.54, 1.807) is 0 Å². The Hall–Kier alpha value is -0.570. The standard InChI is InChI=1S/C11H24N2O/c1-4-6-9-13(3)10-7-11(14)12-8-5-2/h4-10H2,1-3H3,(H,12,14). The van der Waals surface area contributed by atoms with Crippen molar-refractivity contribution in [1.29, 1.82) is 0 Å². The summed E-state index contributed by atoms with van der Waals surface area (Å²) < 4.78 is 0.